The summed E-state index contributed by atoms with van der Waals surface area (Å²) < 4.78 is 36.9. The van der Waals surface area contributed by atoms with Crippen LogP contribution in [0, 0.1) is 0 Å². The number of rotatable bonds is 6. The van der Waals surface area contributed by atoms with E-state index in [9.17, 15) is 8.42 Å². The lowest BCUT2D eigenvalue weighted by Gasteiger charge is -2.07. The van der Waals surface area contributed by atoms with Gasteiger partial charge in [0, 0.05) is 11.5 Å². The van der Waals surface area contributed by atoms with Gasteiger partial charge in [0.15, 0.2) is 0 Å². The second-order valence-electron chi connectivity index (χ2n) is 4.51. The molecule has 0 amide bonds. The van der Waals surface area contributed by atoms with Crippen LogP contribution in [-0.2, 0) is 21.5 Å². The number of ether oxygens (including phenoxy) is 1. The van der Waals surface area contributed by atoms with E-state index in [2.05, 4.69) is 9.88 Å². The Hall–Kier alpha value is -1.67. The van der Waals surface area contributed by atoms with Crippen molar-refractivity contribution in [2.75, 3.05) is 17.1 Å². The minimum Gasteiger partial charge on any atom is -0.492 e. The lowest BCUT2D eigenvalue weighted by molar-refractivity contribution is 0.341. The van der Waals surface area contributed by atoms with Gasteiger partial charge in [0.05, 0.1) is 11.3 Å². The summed E-state index contributed by atoms with van der Waals surface area (Å²) in [6, 6.07) is 9.09. The van der Waals surface area contributed by atoms with Crippen molar-refractivity contribution in [2.45, 2.75) is 11.5 Å². The Morgan fingerprint density at radius 1 is 1.29 bits per heavy atom. The van der Waals surface area contributed by atoms with Crippen molar-refractivity contribution in [3.8, 4) is 5.75 Å². The second kappa shape index (κ2) is 5.98. The van der Waals surface area contributed by atoms with Gasteiger partial charge < -0.3 is 9.26 Å². The highest BCUT2D eigenvalue weighted by Gasteiger charge is 2.24. The average Bonchev–Trinajstić information content (AvgIpc) is 3.05. The van der Waals surface area contributed by atoms with E-state index in [1.54, 1.807) is 23.9 Å². The molecule has 21 heavy (non-hydrogen) atoms. The number of nitrogens with one attached hydrogen (secondary N) is 1. The SMILES string of the molecule is O=S(=O)(CCOc1ccccc1)Nc1onc2c1CSC2. The molecule has 2 aromatic rings. The first-order chi connectivity index (χ1) is 10.1. The molecule has 3 rings (SSSR count). The number of para-hydroxylation sites is 1. The Morgan fingerprint density at radius 2 is 2.10 bits per heavy atom. The van der Waals surface area contributed by atoms with Gasteiger partial charge >= 0.3 is 0 Å². The zero-order valence-corrected chi connectivity index (χ0v) is 12.7. The lowest BCUT2D eigenvalue weighted by atomic mass is 10.3. The van der Waals surface area contributed by atoms with Gasteiger partial charge in [-0.1, -0.05) is 23.4 Å². The Balaban J connectivity index is 1.57. The summed E-state index contributed by atoms with van der Waals surface area (Å²) in [4.78, 5) is 0. The van der Waals surface area contributed by atoms with E-state index in [1.165, 1.54) is 0 Å². The van der Waals surface area contributed by atoms with Crippen molar-refractivity contribution in [1.29, 1.82) is 0 Å². The first kappa shape index (κ1) is 14.3. The Labute approximate surface area is 126 Å². The van der Waals surface area contributed by atoms with Crippen LogP contribution in [0.25, 0.3) is 0 Å². The normalized spacial score (nSPS) is 13.9. The molecular formula is C13H14N2O4S2. The predicted molar refractivity (Wildman–Crippen MR) is 80.8 cm³/mol. The van der Waals surface area contributed by atoms with E-state index < -0.39 is 10.0 Å². The first-order valence-corrected chi connectivity index (χ1v) is 9.18. The van der Waals surface area contributed by atoms with Gasteiger partial charge in [-0.15, -0.1) is 0 Å². The number of thioether (sulfide) groups is 1. The minimum atomic E-state index is -3.51. The summed E-state index contributed by atoms with van der Waals surface area (Å²) in [5, 5.41) is 3.85. The number of anilines is 1. The molecule has 0 bridgehead atoms. The topological polar surface area (TPSA) is 81.4 Å². The molecule has 0 fully saturated rings. The molecule has 1 aliphatic rings. The van der Waals surface area contributed by atoms with E-state index >= 15 is 0 Å². The van der Waals surface area contributed by atoms with Crippen LogP contribution in [-0.4, -0.2) is 25.9 Å². The van der Waals surface area contributed by atoms with Crippen molar-refractivity contribution in [3.63, 3.8) is 0 Å². The first-order valence-electron chi connectivity index (χ1n) is 6.37. The van der Waals surface area contributed by atoms with E-state index in [4.69, 9.17) is 9.26 Å². The smallest absolute Gasteiger partial charge is 0.242 e. The molecule has 0 atom stereocenters. The molecule has 112 valence electrons. The van der Waals surface area contributed by atoms with Crippen LogP contribution < -0.4 is 9.46 Å². The van der Waals surface area contributed by atoms with Gasteiger partial charge in [-0.05, 0) is 12.1 Å². The van der Waals surface area contributed by atoms with E-state index in [-0.39, 0.29) is 18.2 Å². The zero-order chi connectivity index (χ0) is 14.7. The summed E-state index contributed by atoms with van der Waals surface area (Å²) in [6.07, 6.45) is 0. The Morgan fingerprint density at radius 3 is 2.90 bits per heavy atom. The standard InChI is InChI=1S/C13H14N2O4S2/c16-21(17,7-6-18-10-4-2-1-3-5-10)15-13-11-8-20-9-12(11)14-19-13/h1-5,15H,6-9H2. The highest BCUT2D eigenvalue weighted by Crippen LogP contribution is 2.34. The van der Waals surface area contributed by atoms with Crippen LogP contribution in [0.2, 0.25) is 0 Å². The molecule has 0 saturated heterocycles. The van der Waals surface area contributed by atoms with Gasteiger partial charge in [-0.3, -0.25) is 4.72 Å². The zero-order valence-electron chi connectivity index (χ0n) is 11.1. The van der Waals surface area contributed by atoms with Crippen LogP contribution >= 0.6 is 11.8 Å². The number of hydrogen-bond acceptors (Lipinski definition) is 6. The molecule has 8 heteroatoms. The molecule has 0 aliphatic carbocycles. The third-order valence-corrected chi connectivity index (χ3v) is 5.14. The van der Waals surface area contributed by atoms with Gasteiger partial charge in [0.2, 0.25) is 15.9 Å². The van der Waals surface area contributed by atoms with Gasteiger partial charge in [-0.2, -0.15) is 11.8 Å². The summed E-state index contributed by atoms with van der Waals surface area (Å²) in [6.45, 7) is 0.0738. The van der Waals surface area contributed by atoms with Gasteiger partial charge in [-0.25, -0.2) is 8.42 Å². The Bertz CT molecular complexity index is 713. The third kappa shape index (κ3) is 3.51. The molecule has 1 aliphatic heterocycles. The fraction of sp³-hybridized carbons (Fsp3) is 0.308. The molecule has 0 radical (unpaired) electrons. The van der Waals surface area contributed by atoms with Crippen molar-refractivity contribution < 1.29 is 17.7 Å². The largest absolute Gasteiger partial charge is 0.492 e. The molecule has 0 saturated carbocycles. The predicted octanol–water partition coefficient (Wildman–Crippen LogP) is 2.24. The van der Waals surface area contributed by atoms with Crippen LogP contribution in [0.1, 0.15) is 11.3 Å². The fourth-order valence-electron chi connectivity index (χ4n) is 1.91. The van der Waals surface area contributed by atoms with E-state index in [0.29, 0.717) is 5.75 Å². The van der Waals surface area contributed by atoms with Crippen molar-refractivity contribution in [2.24, 2.45) is 0 Å². The van der Waals surface area contributed by atoms with Gasteiger partial charge in [0.25, 0.3) is 0 Å². The van der Waals surface area contributed by atoms with Crippen LogP contribution in [0.3, 0.4) is 0 Å². The number of nitrogens with zero attached hydrogens (tertiary/aromatic N) is 1. The summed E-state index contributed by atoms with van der Waals surface area (Å²) in [5.74, 6) is 2.21. The van der Waals surface area contributed by atoms with Crippen LogP contribution in [0.15, 0.2) is 34.9 Å². The molecule has 1 aromatic heterocycles. The number of hydrogen-bond donors (Lipinski definition) is 1. The molecule has 0 spiro atoms. The van der Waals surface area contributed by atoms with E-state index in [1.807, 2.05) is 18.2 Å². The monoisotopic (exact) mass is 326 g/mol. The summed E-state index contributed by atoms with van der Waals surface area (Å²) in [5.41, 5.74) is 1.66. The van der Waals surface area contributed by atoms with E-state index in [0.717, 1.165) is 22.8 Å². The molecule has 2 heterocycles. The van der Waals surface area contributed by atoms with Crippen LogP contribution in [0.5, 0.6) is 5.75 Å². The highest BCUT2D eigenvalue weighted by molar-refractivity contribution is 7.98. The molecule has 1 aromatic carbocycles. The number of fused-ring (bicyclic) bond motifs is 1. The number of sulfonamides is 1. The third-order valence-electron chi connectivity index (χ3n) is 2.97. The molecule has 1 N–H and O–H groups in total. The van der Waals surface area contributed by atoms with Crippen molar-refractivity contribution in [3.05, 3.63) is 41.6 Å². The maximum absolute atomic E-state index is 12.0. The molecule has 6 nitrogen and oxygen atoms in total. The number of benzene rings is 1. The fourth-order valence-corrected chi connectivity index (χ4v) is 3.78. The highest BCUT2D eigenvalue weighted by atomic mass is 32.2. The quantitative estimate of drug-likeness (QED) is 0.877. The maximum Gasteiger partial charge on any atom is 0.242 e. The lowest BCUT2D eigenvalue weighted by Crippen LogP contribution is -2.21. The van der Waals surface area contributed by atoms with Gasteiger partial charge in [0.1, 0.15) is 18.1 Å². The molecular weight excluding hydrogens is 312 g/mol. The molecule has 0 unspecified atom stereocenters. The summed E-state index contributed by atoms with van der Waals surface area (Å²) >= 11 is 1.68. The average molecular weight is 326 g/mol. The van der Waals surface area contributed by atoms with Crippen molar-refractivity contribution >= 4 is 27.7 Å². The minimum absolute atomic E-state index is 0.0738. The van der Waals surface area contributed by atoms with Crippen molar-refractivity contribution in [1.82, 2.24) is 5.16 Å². The summed E-state index contributed by atoms with van der Waals surface area (Å²) in [7, 11) is -3.51. The van der Waals surface area contributed by atoms with Crippen LogP contribution in [0.4, 0.5) is 5.88 Å². The number of aromatic nitrogens is 1. The second-order valence-corrected chi connectivity index (χ2v) is 7.34. The Kier molecular flexibility index (Phi) is 4.07. The maximum atomic E-state index is 12.0.